The van der Waals surface area contributed by atoms with E-state index in [1.54, 1.807) is 23.4 Å². The molecule has 1 atom stereocenters. The predicted molar refractivity (Wildman–Crippen MR) is 168 cm³/mol. The van der Waals surface area contributed by atoms with Gasteiger partial charge in [0.25, 0.3) is 0 Å². The fraction of sp³-hybridized carbons (Fsp3) is 0.344. The Morgan fingerprint density at radius 3 is 2.51 bits per heavy atom. The van der Waals surface area contributed by atoms with Gasteiger partial charge < -0.3 is 15.5 Å². The predicted octanol–water partition coefficient (Wildman–Crippen LogP) is 3.81. The van der Waals surface area contributed by atoms with Gasteiger partial charge in [-0.1, -0.05) is 18.7 Å². The largest absolute Gasteiger partial charge is 0.382 e. The van der Waals surface area contributed by atoms with E-state index in [-0.39, 0.29) is 40.9 Å². The maximum absolute atomic E-state index is 16.3. The molecule has 0 spiro atoms. The van der Waals surface area contributed by atoms with Crippen LogP contribution in [0.2, 0.25) is 0 Å². The van der Waals surface area contributed by atoms with E-state index in [1.807, 2.05) is 17.9 Å². The standard InChI is InChI=1S/C32H31FN10O2/c1-3-23(44)41-11-12-42(16(2)14-41)30-20-13-21(33)27(19-5-4-6-22-24(19)29(34)40-39-22)37-31(20)43(32(45)38-30)28-25(17-7-8-17)35-15-36-26(28)18-9-10-18/h3-6,13,15-18H,1,7-12,14H2,2H3,(H3,34,39,40)/t16-/m0/s1. The molecule has 0 bridgehead atoms. The van der Waals surface area contributed by atoms with Crippen molar-refractivity contribution in [3.63, 3.8) is 0 Å². The number of pyridine rings is 1. The monoisotopic (exact) mass is 606 g/mol. The summed E-state index contributed by atoms with van der Waals surface area (Å²) < 4.78 is 17.8. The number of carbonyl (C=O) groups excluding carboxylic acids is 1. The molecule has 13 heteroatoms. The van der Waals surface area contributed by atoms with Crippen molar-refractivity contribution in [3.8, 4) is 16.9 Å². The summed E-state index contributed by atoms with van der Waals surface area (Å²) in [5.74, 6) is 0.199. The van der Waals surface area contributed by atoms with Crippen LogP contribution in [0.5, 0.6) is 0 Å². The molecular formula is C32H31FN10O2. The average molecular weight is 607 g/mol. The normalized spacial score (nSPS) is 18.6. The number of hydrogen-bond acceptors (Lipinski definition) is 9. The average Bonchev–Trinajstić information content (AvgIpc) is 3.98. The van der Waals surface area contributed by atoms with Crippen LogP contribution >= 0.6 is 0 Å². The van der Waals surface area contributed by atoms with E-state index in [9.17, 15) is 9.59 Å². The van der Waals surface area contributed by atoms with Gasteiger partial charge in [-0.2, -0.15) is 10.1 Å². The van der Waals surface area contributed by atoms with Gasteiger partial charge in [0.1, 0.15) is 23.7 Å². The third-order valence-electron chi connectivity index (χ3n) is 9.09. The Bertz CT molecular complexity index is 2070. The molecule has 8 rings (SSSR count). The molecule has 5 heterocycles. The fourth-order valence-electron chi connectivity index (χ4n) is 6.56. The number of nitrogens with two attached hydrogens (primary N) is 1. The molecule has 1 aliphatic heterocycles. The Labute approximate surface area is 256 Å². The minimum Gasteiger partial charge on any atom is -0.382 e. The molecular weight excluding hydrogens is 575 g/mol. The van der Waals surface area contributed by atoms with Crippen LogP contribution in [0, 0.1) is 5.82 Å². The second-order valence-electron chi connectivity index (χ2n) is 12.2. The third-order valence-corrected chi connectivity index (χ3v) is 9.09. The van der Waals surface area contributed by atoms with Crippen molar-refractivity contribution in [2.75, 3.05) is 30.3 Å². The first kappa shape index (κ1) is 27.4. The van der Waals surface area contributed by atoms with Crippen LogP contribution in [0.4, 0.5) is 16.0 Å². The van der Waals surface area contributed by atoms with Crippen molar-refractivity contribution in [1.29, 1.82) is 0 Å². The first-order valence-corrected chi connectivity index (χ1v) is 15.2. The van der Waals surface area contributed by atoms with Crippen LogP contribution in [-0.4, -0.2) is 71.2 Å². The quantitative estimate of drug-likeness (QED) is 0.275. The van der Waals surface area contributed by atoms with Gasteiger partial charge in [-0.25, -0.2) is 28.7 Å². The van der Waals surface area contributed by atoms with Gasteiger partial charge in [0.2, 0.25) is 5.91 Å². The molecule has 1 aromatic carbocycles. The van der Waals surface area contributed by atoms with Crippen molar-refractivity contribution in [3.05, 3.63) is 70.9 Å². The molecule has 3 N–H and O–H groups in total. The molecule has 3 aliphatic rings. The number of benzene rings is 1. The molecule has 5 aromatic rings. The van der Waals surface area contributed by atoms with E-state index in [2.05, 4.69) is 31.7 Å². The first-order chi connectivity index (χ1) is 21.8. The molecule has 3 fully saturated rings. The molecule has 2 aliphatic carbocycles. The van der Waals surface area contributed by atoms with Crippen LogP contribution in [0.15, 0.2) is 48.0 Å². The number of aromatic nitrogens is 7. The number of amides is 1. The molecule has 4 aromatic heterocycles. The van der Waals surface area contributed by atoms with Crippen LogP contribution in [-0.2, 0) is 4.79 Å². The van der Waals surface area contributed by atoms with Crippen LogP contribution < -0.4 is 16.3 Å². The number of anilines is 2. The highest BCUT2D eigenvalue weighted by atomic mass is 19.1. The third kappa shape index (κ3) is 4.44. The van der Waals surface area contributed by atoms with Crippen LogP contribution in [0.1, 0.15) is 55.8 Å². The topological polar surface area (TPSA) is 152 Å². The molecule has 0 unspecified atom stereocenters. The van der Waals surface area contributed by atoms with E-state index in [4.69, 9.17) is 10.7 Å². The lowest BCUT2D eigenvalue weighted by molar-refractivity contribution is -0.126. The number of H-pyrrole nitrogens is 1. The van der Waals surface area contributed by atoms with Crippen molar-refractivity contribution in [1.82, 2.24) is 39.6 Å². The second-order valence-corrected chi connectivity index (χ2v) is 12.2. The van der Waals surface area contributed by atoms with Crippen molar-refractivity contribution < 1.29 is 9.18 Å². The molecule has 45 heavy (non-hydrogen) atoms. The maximum Gasteiger partial charge on any atom is 0.355 e. The molecule has 1 amide bonds. The summed E-state index contributed by atoms with van der Waals surface area (Å²) in [5, 5.41) is 7.92. The first-order valence-electron chi connectivity index (χ1n) is 15.2. The zero-order valence-corrected chi connectivity index (χ0v) is 24.7. The number of carbonyl (C=O) groups is 1. The van der Waals surface area contributed by atoms with E-state index < -0.39 is 11.5 Å². The SMILES string of the molecule is C=CC(=O)N1CCN(c2nc(=O)n(-c3c(C4CC4)ncnc3C3CC3)c3nc(-c4cccc5[nH]nc(N)c45)c(F)cc23)[C@@H](C)C1. The Balaban J connectivity index is 1.40. The summed E-state index contributed by atoms with van der Waals surface area (Å²) in [6.45, 7) is 6.76. The number of nitrogens with zero attached hydrogens (tertiary/aromatic N) is 8. The molecule has 0 radical (unpaired) electrons. The Morgan fingerprint density at radius 1 is 1.11 bits per heavy atom. The number of rotatable bonds is 6. The number of nitrogen functional groups attached to an aromatic ring is 1. The van der Waals surface area contributed by atoms with Crippen molar-refractivity contribution in [2.24, 2.45) is 0 Å². The minimum absolute atomic E-state index is 0.0405. The van der Waals surface area contributed by atoms with Gasteiger partial charge in [0.05, 0.1) is 33.4 Å². The smallest absolute Gasteiger partial charge is 0.355 e. The number of nitrogens with one attached hydrogen (secondary N) is 1. The lowest BCUT2D eigenvalue weighted by atomic mass is 10.0. The Hall–Kier alpha value is -5.20. The van der Waals surface area contributed by atoms with Gasteiger partial charge in [-0.15, -0.1) is 0 Å². The highest BCUT2D eigenvalue weighted by Gasteiger charge is 2.37. The lowest BCUT2D eigenvalue weighted by Gasteiger charge is -2.40. The highest BCUT2D eigenvalue weighted by Crippen LogP contribution is 2.47. The highest BCUT2D eigenvalue weighted by molar-refractivity contribution is 6.02. The second kappa shape index (κ2) is 10.2. The molecule has 12 nitrogen and oxygen atoms in total. The van der Waals surface area contributed by atoms with E-state index in [1.165, 1.54) is 16.7 Å². The number of halogens is 1. The van der Waals surface area contributed by atoms with E-state index in [0.29, 0.717) is 53.0 Å². The Kier molecular flexibility index (Phi) is 6.19. The zero-order chi connectivity index (χ0) is 31.0. The zero-order valence-electron chi connectivity index (χ0n) is 24.7. The number of aromatic amines is 1. The number of fused-ring (bicyclic) bond motifs is 2. The summed E-state index contributed by atoms with van der Waals surface area (Å²) >= 11 is 0. The van der Waals surface area contributed by atoms with Gasteiger partial charge in [0, 0.05) is 43.1 Å². The van der Waals surface area contributed by atoms with E-state index in [0.717, 1.165) is 37.1 Å². The lowest BCUT2D eigenvalue weighted by Crippen LogP contribution is -2.54. The van der Waals surface area contributed by atoms with E-state index >= 15 is 4.39 Å². The summed E-state index contributed by atoms with van der Waals surface area (Å²) in [6, 6.07) is 6.52. The summed E-state index contributed by atoms with van der Waals surface area (Å²) in [4.78, 5) is 49.1. The molecule has 228 valence electrons. The van der Waals surface area contributed by atoms with Crippen molar-refractivity contribution in [2.45, 2.75) is 50.5 Å². The number of piperazine rings is 1. The van der Waals surface area contributed by atoms with Gasteiger partial charge in [-0.05, 0) is 50.8 Å². The summed E-state index contributed by atoms with van der Waals surface area (Å²) in [5.41, 5.74) is 9.26. The Morgan fingerprint density at radius 2 is 1.84 bits per heavy atom. The van der Waals surface area contributed by atoms with Crippen molar-refractivity contribution >= 4 is 39.5 Å². The fourth-order valence-corrected chi connectivity index (χ4v) is 6.56. The van der Waals surface area contributed by atoms with Crippen LogP contribution in [0.3, 0.4) is 0 Å². The molecule has 2 saturated carbocycles. The minimum atomic E-state index is -0.592. The molecule has 1 saturated heterocycles. The van der Waals surface area contributed by atoms with Gasteiger partial charge in [-0.3, -0.25) is 9.89 Å². The van der Waals surface area contributed by atoms with Gasteiger partial charge >= 0.3 is 5.69 Å². The maximum atomic E-state index is 16.3. The summed E-state index contributed by atoms with van der Waals surface area (Å²) in [6.07, 6.45) is 6.73. The van der Waals surface area contributed by atoms with Crippen LogP contribution in [0.25, 0.3) is 38.9 Å². The van der Waals surface area contributed by atoms with Gasteiger partial charge in [0.15, 0.2) is 11.5 Å². The summed E-state index contributed by atoms with van der Waals surface area (Å²) in [7, 11) is 0. The number of hydrogen-bond donors (Lipinski definition) is 2.